The molecule has 0 fully saturated rings. The van der Waals surface area contributed by atoms with E-state index in [0.717, 1.165) is 5.56 Å². The van der Waals surface area contributed by atoms with Gasteiger partial charge in [0.1, 0.15) is 11.9 Å². The summed E-state index contributed by atoms with van der Waals surface area (Å²) < 4.78 is 36.5. The molecule has 2 aromatic rings. The molecule has 0 saturated heterocycles. The molecule has 0 amide bonds. The molecule has 1 N–H and O–H groups in total. The summed E-state index contributed by atoms with van der Waals surface area (Å²) in [6.07, 6.45) is 1.33. The minimum absolute atomic E-state index is 0.167. The third-order valence-electron chi connectivity index (χ3n) is 2.73. The second kappa shape index (κ2) is 5.90. The standard InChI is InChI=1S/C15H14O4S/c1-2-15(12-6-4-3-5-7-12)19-13-8-10-14(11-9-13)20(16,17)18/h2-11,15H,1H2,(H,16,17,18). The van der Waals surface area contributed by atoms with Crippen LogP contribution < -0.4 is 4.74 Å². The Bertz CT molecular complexity index is 676. The summed E-state index contributed by atoms with van der Waals surface area (Å²) in [5.74, 6) is 0.492. The predicted octanol–water partition coefficient (Wildman–Crippen LogP) is 3.24. The highest BCUT2D eigenvalue weighted by Crippen LogP contribution is 2.24. The summed E-state index contributed by atoms with van der Waals surface area (Å²) in [7, 11) is -4.18. The molecule has 0 aliphatic heterocycles. The first-order chi connectivity index (χ1) is 9.50. The fourth-order valence-corrected chi connectivity index (χ4v) is 2.21. The lowest BCUT2D eigenvalue weighted by molar-refractivity contribution is 0.255. The maximum atomic E-state index is 10.9. The van der Waals surface area contributed by atoms with E-state index in [9.17, 15) is 8.42 Å². The Morgan fingerprint density at radius 3 is 2.15 bits per heavy atom. The summed E-state index contributed by atoms with van der Waals surface area (Å²) >= 11 is 0. The van der Waals surface area contributed by atoms with Crippen LogP contribution >= 0.6 is 0 Å². The van der Waals surface area contributed by atoms with E-state index in [4.69, 9.17) is 9.29 Å². The number of hydrogen-bond donors (Lipinski definition) is 1. The van der Waals surface area contributed by atoms with Gasteiger partial charge in [0.05, 0.1) is 4.90 Å². The lowest BCUT2D eigenvalue weighted by Crippen LogP contribution is -2.04. The smallest absolute Gasteiger partial charge is 0.294 e. The molecule has 0 heterocycles. The van der Waals surface area contributed by atoms with E-state index in [1.807, 2.05) is 30.3 Å². The van der Waals surface area contributed by atoms with Crippen molar-refractivity contribution in [3.8, 4) is 5.75 Å². The highest BCUT2D eigenvalue weighted by molar-refractivity contribution is 7.85. The van der Waals surface area contributed by atoms with Crippen LogP contribution in [0.5, 0.6) is 5.75 Å². The molecule has 5 heteroatoms. The Morgan fingerprint density at radius 2 is 1.65 bits per heavy atom. The fraction of sp³-hybridized carbons (Fsp3) is 0.0667. The van der Waals surface area contributed by atoms with Gasteiger partial charge in [-0.05, 0) is 35.9 Å². The van der Waals surface area contributed by atoms with Crippen LogP contribution in [0.1, 0.15) is 11.7 Å². The fourth-order valence-electron chi connectivity index (χ4n) is 1.73. The summed E-state index contributed by atoms with van der Waals surface area (Å²) in [6, 6.07) is 15.1. The van der Waals surface area contributed by atoms with Crippen LogP contribution in [0.3, 0.4) is 0 Å². The van der Waals surface area contributed by atoms with E-state index in [2.05, 4.69) is 6.58 Å². The largest absolute Gasteiger partial charge is 0.482 e. The van der Waals surface area contributed by atoms with Gasteiger partial charge in [0.25, 0.3) is 10.1 Å². The minimum Gasteiger partial charge on any atom is -0.482 e. The monoisotopic (exact) mass is 290 g/mol. The van der Waals surface area contributed by atoms with E-state index < -0.39 is 10.1 Å². The molecule has 0 aliphatic rings. The Balaban J connectivity index is 2.19. The van der Waals surface area contributed by atoms with Gasteiger partial charge >= 0.3 is 0 Å². The van der Waals surface area contributed by atoms with Gasteiger partial charge in [-0.15, -0.1) is 0 Å². The SMILES string of the molecule is C=CC(Oc1ccc(S(=O)(=O)O)cc1)c1ccccc1. The molecule has 2 rings (SSSR count). The van der Waals surface area contributed by atoms with E-state index in [1.165, 1.54) is 24.3 Å². The molecule has 1 unspecified atom stereocenters. The number of ether oxygens (including phenoxy) is 1. The molecule has 0 spiro atoms. The van der Waals surface area contributed by atoms with E-state index >= 15 is 0 Å². The number of hydrogen-bond acceptors (Lipinski definition) is 3. The highest BCUT2D eigenvalue weighted by atomic mass is 32.2. The average Bonchev–Trinajstić information content (AvgIpc) is 2.45. The van der Waals surface area contributed by atoms with Crippen molar-refractivity contribution >= 4 is 10.1 Å². The maximum Gasteiger partial charge on any atom is 0.294 e. The molecule has 4 nitrogen and oxygen atoms in total. The third-order valence-corrected chi connectivity index (χ3v) is 3.59. The zero-order valence-electron chi connectivity index (χ0n) is 10.6. The zero-order valence-corrected chi connectivity index (χ0v) is 11.5. The van der Waals surface area contributed by atoms with Crippen molar-refractivity contribution in [3.63, 3.8) is 0 Å². The van der Waals surface area contributed by atoms with Gasteiger partial charge in [0.15, 0.2) is 0 Å². The molecule has 0 aliphatic carbocycles. The maximum absolute atomic E-state index is 10.9. The van der Waals surface area contributed by atoms with Crippen LogP contribution in [0.4, 0.5) is 0 Å². The van der Waals surface area contributed by atoms with Crippen LogP contribution in [-0.4, -0.2) is 13.0 Å². The summed E-state index contributed by atoms with van der Waals surface area (Å²) in [5.41, 5.74) is 0.946. The van der Waals surface area contributed by atoms with Crippen molar-refractivity contribution < 1.29 is 17.7 Å². The highest BCUT2D eigenvalue weighted by Gasteiger charge is 2.11. The second-order valence-electron chi connectivity index (χ2n) is 4.13. The van der Waals surface area contributed by atoms with E-state index in [0.29, 0.717) is 5.75 Å². The lowest BCUT2D eigenvalue weighted by Gasteiger charge is -2.16. The zero-order chi connectivity index (χ0) is 14.6. The van der Waals surface area contributed by atoms with Crippen molar-refractivity contribution in [1.82, 2.24) is 0 Å². The predicted molar refractivity (Wildman–Crippen MR) is 76.3 cm³/mol. The van der Waals surface area contributed by atoms with Gasteiger partial charge in [-0.2, -0.15) is 8.42 Å². The molecule has 20 heavy (non-hydrogen) atoms. The van der Waals surface area contributed by atoms with Crippen LogP contribution in [0.15, 0.2) is 72.1 Å². The lowest BCUT2D eigenvalue weighted by atomic mass is 10.1. The Kier molecular flexibility index (Phi) is 4.22. The molecule has 0 radical (unpaired) electrons. The van der Waals surface area contributed by atoms with Crippen LogP contribution in [-0.2, 0) is 10.1 Å². The van der Waals surface area contributed by atoms with Crippen LogP contribution in [0.2, 0.25) is 0 Å². The molecule has 2 aromatic carbocycles. The van der Waals surface area contributed by atoms with E-state index in [1.54, 1.807) is 6.08 Å². The summed E-state index contributed by atoms with van der Waals surface area (Å²) in [5, 5.41) is 0. The molecule has 0 saturated carbocycles. The topological polar surface area (TPSA) is 63.6 Å². The Morgan fingerprint density at radius 1 is 1.05 bits per heavy atom. The Labute approximate surface area is 118 Å². The molecular weight excluding hydrogens is 276 g/mol. The molecule has 1 atom stereocenters. The van der Waals surface area contributed by atoms with Crippen LogP contribution in [0, 0.1) is 0 Å². The molecule has 0 aromatic heterocycles. The van der Waals surface area contributed by atoms with Crippen LogP contribution in [0.25, 0.3) is 0 Å². The van der Waals surface area contributed by atoms with Crippen molar-refractivity contribution in [1.29, 1.82) is 0 Å². The van der Waals surface area contributed by atoms with Crippen molar-refractivity contribution in [3.05, 3.63) is 72.8 Å². The van der Waals surface area contributed by atoms with Crippen molar-refractivity contribution in [2.45, 2.75) is 11.0 Å². The third kappa shape index (κ3) is 3.46. The molecule has 104 valence electrons. The number of rotatable bonds is 5. The minimum atomic E-state index is -4.18. The van der Waals surface area contributed by atoms with Gasteiger partial charge in [0.2, 0.25) is 0 Å². The molecule has 0 bridgehead atoms. The quantitative estimate of drug-likeness (QED) is 0.678. The van der Waals surface area contributed by atoms with Gasteiger partial charge in [0, 0.05) is 0 Å². The first-order valence-electron chi connectivity index (χ1n) is 5.92. The van der Waals surface area contributed by atoms with Gasteiger partial charge in [-0.3, -0.25) is 4.55 Å². The second-order valence-corrected chi connectivity index (χ2v) is 5.55. The number of benzene rings is 2. The van der Waals surface area contributed by atoms with Crippen molar-refractivity contribution in [2.24, 2.45) is 0 Å². The van der Waals surface area contributed by atoms with Gasteiger partial charge in [-0.1, -0.05) is 36.9 Å². The molecular formula is C15H14O4S. The summed E-state index contributed by atoms with van der Waals surface area (Å²) in [6.45, 7) is 3.73. The van der Waals surface area contributed by atoms with Gasteiger partial charge in [-0.25, -0.2) is 0 Å². The average molecular weight is 290 g/mol. The normalized spacial score (nSPS) is 12.7. The first kappa shape index (κ1) is 14.3. The van der Waals surface area contributed by atoms with Crippen molar-refractivity contribution in [2.75, 3.05) is 0 Å². The summed E-state index contributed by atoms with van der Waals surface area (Å²) in [4.78, 5) is -0.167. The first-order valence-corrected chi connectivity index (χ1v) is 7.36. The Hall–Kier alpha value is -2.11. The van der Waals surface area contributed by atoms with Gasteiger partial charge < -0.3 is 4.74 Å². The van der Waals surface area contributed by atoms with E-state index in [-0.39, 0.29) is 11.0 Å².